The van der Waals surface area contributed by atoms with Crippen molar-refractivity contribution in [2.45, 2.75) is 20.0 Å². The maximum atomic E-state index is 4.39. The van der Waals surface area contributed by atoms with Gasteiger partial charge in [-0.1, -0.05) is 24.3 Å². The summed E-state index contributed by atoms with van der Waals surface area (Å²) >= 11 is 3.43. The van der Waals surface area contributed by atoms with Gasteiger partial charge in [0.1, 0.15) is 5.82 Å². The highest BCUT2D eigenvalue weighted by Gasteiger charge is 2.01. The summed E-state index contributed by atoms with van der Waals surface area (Å²) in [4.78, 5) is 8.45. The smallest absolute Gasteiger partial charge is 0.129 e. The Balaban J connectivity index is 1.61. The molecule has 0 saturated heterocycles. The molecular weight excluding hydrogens is 340 g/mol. The zero-order valence-corrected chi connectivity index (χ0v) is 13.9. The van der Waals surface area contributed by atoms with E-state index in [9.17, 15) is 0 Å². The van der Waals surface area contributed by atoms with Gasteiger partial charge in [-0.2, -0.15) is 0 Å². The van der Waals surface area contributed by atoms with E-state index in [2.05, 4.69) is 66.1 Å². The van der Waals surface area contributed by atoms with Crippen molar-refractivity contribution < 1.29 is 0 Å². The van der Waals surface area contributed by atoms with Crippen LogP contribution in [0, 0.1) is 6.92 Å². The molecule has 0 aliphatic rings. The summed E-state index contributed by atoms with van der Waals surface area (Å²) in [6, 6.07) is 10.7. The second-order valence-corrected chi connectivity index (χ2v) is 6.14. The van der Waals surface area contributed by atoms with Crippen molar-refractivity contribution in [3.05, 3.63) is 76.4 Å². The van der Waals surface area contributed by atoms with Gasteiger partial charge in [0.05, 0.1) is 6.33 Å². The number of pyridine rings is 1. The first kappa shape index (κ1) is 14.8. The molecule has 0 bridgehead atoms. The molecule has 0 spiro atoms. The van der Waals surface area contributed by atoms with E-state index in [1.54, 1.807) is 6.20 Å². The molecule has 0 radical (unpaired) electrons. The number of aromatic nitrogens is 3. The van der Waals surface area contributed by atoms with Crippen molar-refractivity contribution in [2.75, 3.05) is 5.32 Å². The number of anilines is 1. The van der Waals surface area contributed by atoms with Crippen molar-refractivity contribution in [3.8, 4) is 0 Å². The number of hydrogen-bond acceptors (Lipinski definition) is 3. The Labute approximate surface area is 138 Å². The molecule has 0 fully saturated rings. The average molecular weight is 357 g/mol. The predicted octanol–water partition coefficient (Wildman–Crippen LogP) is 4.01. The van der Waals surface area contributed by atoms with Gasteiger partial charge in [-0.15, -0.1) is 0 Å². The van der Waals surface area contributed by atoms with Crippen molar-refractivity contribution in [2.24, 2.45) is 0 Å². The van der Waals surface area contributed by atoms with E-state index in [1.165, 1.54) is 11.1 Å². The Morgan fingerprint density at radius 2 is 1.95 bits per heavy atom. The molecule has 0 saturated carbocycles. The zero-order chi connectivity index (χ0) is 15.4. The standard InChI is InChI=1S/C17H17BrN4/c1-13-8-16(18)10-21-17(13)20-9-14-2-4-15(5-3-14)11-22-7-6-19-12-22/h2-8,10,12H,9,11H2,1H3,(H,20,21). The fraction of sp³-hybridized carbons (Fsp3) is 0.176. The lowest BCUT2D eigenvalue weighted by molar-refractivity contribution is 0.797. The summed E-state index contributed by atoms with van der Waals surface area (Å²) in [6.45, 7) is 3.66. The van der Waals surface area contributed by atoms with Crippen LogP contribution in [0.3, 0.4) is 0 Å². The lowest BCUT2D eigenvalue weighted by Gasteiger charge is -2.09. The Hall–Kier alpha value is -2.14. The van der Waals surface area contributed by atoms with E-state index in [1.807, 2.05) is 25.6 Å². The largest absolute Gasteiger partial charge is 0.366 e. The van der Waals surface area contributed by atoms with Crippen molar-refractivity contribution in [1.82, 2.24) is 14.5 Å². The third-order valence-electron chi connectivity index (χ3n) is 3.45. The molecule has 3 aromatic rings. The van der Waals surface area contributed by atoms with Crippen molar-refractivity contribution in [1.29, 1.82) is 0 Å². The van der Waals surface area contributed by atoms with Gasteiger partial charge in [0.15, 0.2) is 0 Å². The summed E-state index contributed by atoms with van der Waals surface area (Å²) < 4.78 is 3.06. The van der Waals surface area contributed by atoms with E-state index >= 15 is 0 Å². The molecule has 0 aliphatic heterocycles. The van der Waals surface area contributed by atoms with Gasteiger partial charge in [-0.05, 0) is 45.6 Å². The Kier molecular flexibility index (Phi) is 4.53. The number of imidazole rings is 1. The van der Waals surface area contributed by atoms with Crippen molar-refractivity contribution >= 4 is 21.7 Å². The van der Waals surface area contributed by atoms with Gasteiger partial charge in [0.2, 0.25) is 0 Å². The number of halogens is 1. The number of rotatable bonds is 5. The summed E-state index contributed by atoms with van der Waals surface area (Å²) in [5, 5.41) is 3.37. The molecule has 112 valence electrons. The normalized spacial score (nSPS) is 10.6. The molecule has 5 heteroatoms. The van der Waals surface area contributed by atoms with Crippen LogP contribution in [-0.4, -0.2) is 14.5 Å². The average Bonchev–Trinajstić information content (AvgIpc) is 3.01. The number of nitrogens with zero attached hydrogens (tertiary/aromatic N) is 3. The van der Waals surface area contributed by atoms with Crippen LogP contribution in [-0.2, 0) is 13.1 Å². The van der Waals surface area contributed by atoms with E-state index in [-0.39, 0.29) is 0 Å². The molecule has 0 atom stereocenters. The van der Waals surface area contributed by atoms with Crippen LogP contribution in [0.2, 0.25) is 0 Å². The molecule has 2 heterocycles. The van der Waals surface area contributed by atoms with Crippen LogP contribution in [0.25, 0.3) is 0 Å². The summed E-state index contributed by atoms with van der Waals surface area (Å²) in [7, 11) is 0. The molecule has 3 rings (SSSR count). The molecule has 0 unspecified atom stereocenters. The van der Waals surface area contributed by atoms with Crippen LogP contribution >= 0.6 is 15.9 Å². The van der Waals surface area contributed by atoms with Gasteiger partial charge in [-0.25, -0.2) is 9.97 Å². The third kappa shape index (κ3) is 3.74. The van der Waals surface area contributed by atoms with E-state index in [0.717, 1.165) is 28.9 Å². The van der Waals surface area contributed by atoms with Crippen LogP contribution < -0.4 is 5.32 Å². The molecular formula is C17H17BrN4. The SMILES string of the molecule is Cc1cc(Br)cnc1NCc1ccc(Cn2ccnc2)cc1. The maximum absolute atomic E-state index is 4.39. The second-order valence-electron chi connectivity index (χ2n) is 5.22. The van der Waals surface area contributed by atoms with Crippen LogP contribution in [0.5, 0.6) is 0 Å². The minimum Gasteiger partial charge on any atom is -0.366 e. The monoisotopic (exact) mass is 356 g/mol. The summed E-state index contributed by atoms with van der Waals surface area (Å²) in [5.74, 6) is 0.922. The van der Waals surface area contributed by atoms with Gasteiger partial charge in [-0.3, -0.25) is 0 Å². The molecule has 4 nitrogen and oxygen atoms in total. The highest BCUT2D eigenvalue weighted by molar-refractivity contribution is 9.10. The zero-order valence-electron chi connectivity index (χ0n) is 12.3. The van der Waals surface area contributed by atoms with Crippen molar-refractivity contribution in [3.63, 3.8) is 0 Å². The highest BCUT2D eigenvalue weighted by Crippen LogP contribution is 2.17. The van der Waals surface area contributed by atoms with E-state index in [0.29, 0.717) is 0 Å². The first-order chi connectivity index (χ1) is 10.7. The minimum atomic E-state index is 0.765. The molecule has 0 aliphatic carbocycles. The molecule has 1 aromatic carbocycles. The Morgan fingerprint density at radius 1 is 1.18 bits per heavy atom. The number of aryl methyl sites for hydroxylation is 1. The van der Waals surface area contributed by atoms with Crippen LogP contribution in [0.4, 0.5) is 5.82 Å². The van der Waals surface area contributed by atoms with Crippen LogP contribution in [0.15, 0.2) is 59.7 Å². The first-order valence-corrected chi connectivity index (χ1v) is 7.89. The quantitative estimate of drug-likeness (QED) is 0.750. The van der Waals surface area contributed by atoms with E-state index < -0.39 is 0 Å². The topological polar surface area (TPSA) is 42.7 Å². The summed E-state index contributed by atoms with van der Waals surface area (Å²) in [5.41, 5.74) is 3.63. The predicted molar refractivity (Wildman–Crippen MR) is 91.8 cm³/mol. The number of nitrogens with one attached hydrogen (secondary N) is 1. The third-order valence-corrected chi connectivity index (χ3v) is 3.89. The fourth-order valence-corrected chi connectivity index (χ4v) is 2.71. The summed E-state index contributed by atoms with van der Waals surface area (Å²) in [6.07, 6.45) is 7.41. The number of benzene rings is 1. The Morgan fingerprint density at radius 3 is 2.64 bits per heavy atom. The minimum absolute atomic E-state index is 0.765. The van der Waals surface area contributed by atoms with E-state index in [4.69, 9.17) is 0 Å². The molecule has 2 aromatic heterocycles. The van der Waals surface area contributed by atoms with Gasteiger partial charge in [0, 0.05) is 36.2 Å². The number of hydrogen-bond donors (Lipinski definition) is 1. The fourth-order valence-electron chi connectivity index (χ4n) is 2.26. The first-order valence-electron chi connectivity index (χ1n) is 7.10. The van der Waals surface area contributed by atoms with Gasteiger partial charge < -0.3 is 9.88 Å². The van der Waals surface area contributed by atoms with Gasteiger partial charge in [0.25, 0.3) is 0 Å². The highest BCUT2D eigenvalue weighted by atomic mass is 79.9. The molecule has 1 N–H and O–H groups in total. The lowest BCUT2D eigenvalue weighted by atomic mass is 10.1. The second kappa shape index (κ2) is 6.75. The molecule has 0 amide bonds. The van der Waals surface area contributed by atoms with Crippen LogP contribution in [0.1, 0.15) is 16.7 Å². The van der Waals surface area contributed by atoms with Gasteiger partial charge >= 0.3 is 0 Å². The Bertz CT molecular complexity index is 736. The maximum Gasteiger partial charge on any atom is 0.129 e. The molecule has 22 heavy (non-hydrogen) atoms. The lowest BCUT2D eigenvalue weighted by Crippen LogP contribution is -2.03.